The van der Waals surface area contributed by atoms with Crippen LogP contribution < -0.4 is 5.73 Å². The molecule has 0 saturated carbocycles. The number of carbonyl (C=O) groups is 1. The van der Waals surface area contributed by atoms with Crippen LogP contribution in [0.25, 0.3) is 0 Å². The molecule has 5 nitrogen and oxygen atoms in total. The van der Waals surface area contributed by atoms with Gasteiger partial charge in [0, 0.05) is 6.54 Å². The van der Waals surface area contributed by atoms with Gasteiger partial charge in [-0.1, -0.05) is 13.8 Å². The van der Waals surface area contributed by atoms with E-state index in [1.807, 2.05) is 13.8 Å². The van der Waals surface area contributed by atoms with Crippen molar-refractivity contribution in [2.24, 2.45) is 11.7 Å². The van der Waals surface area contributed by atoms with Gasteiger partial charge in [0.15, 0.2) is 0 Å². The van der Waals surface area contributed by atoms with Crippen molar-refractivity contribution in [1.29, 1.82) is 0 Å². The molecule has 0 aliphatic rings. The van der Waals surface area contributed by atoms with Crippen LogP contribution in [0, 0.1) is 5.92 Å². The first kappa shape index (κ1) is 13.4. The van der Waals surface area contributed by atoms with Crippen LogP contribution in [0.1, 0.15) is 20.8 Å². The Morgan fingerprint density at radius 3 is 2.21 bits per heavy atom. The molecular formula is C8H18N2O3S. The van der Waals surface area contributed by atoms with Crippen molar-refractivity contribution in [3.05, 3.63) is 0 Å². The van der Waals surface area contributed by atoms with Crippen molar-refractivity contribution < 1.29 is 13.2 Å². The van der Waals surface area contributed by atoms with E-state index in [0.717, 1.165) is 4.31 Å². The quantitative estimate of drug-likeness (QED) is 0.674. The lowest BCUT2D eigenvalue weighted by Gasteiger charge is -2.21. The summed E-state index contributed by atoms with van der Waals surface area (Å²) in [6, 6.07) is 0. The molecule has 0 rings (SSSR count). The largest absolute Gasteiger partial charge is 0.369 e. The highest BCUT2D eigenvalue weighted by atomic mass is 32.2. The van der Waals surface area contributed by atoms with Crippen LogP contribution in [0.2, 0.25) is 0 Å². The van der Waals surface area contributed by atoms with Gasteiger partial charge in [-0.25, -0.2) is 8.42 Å². The minimum absolute atomic E-state index is 0.00694. The van der Waals surface area contributed by atoms with Crippen molar-refractivity contribution in [2.75, 3.05) is 18.8 Å². The third-order valence-electron chi connectivity index (χ3n) is 1.66. The van der Waals surface area contributed by atoms with Gasteiger partial charge in [0.05, 0.1) is 12.3 Å². The van der Waals surface area contributed by atoms with Gasteiger partial charge >= 0.3 is 0 Å². The zero-order valence-electron chi connectivity index (χ0n) is 8.86. The number of nitrogens with zero attached hydrogens (tertiary/aromatic N) is 1. The second-order valence-electron chi connectivity index (χ2n) is 3.55. The monoisotopic (exact) mass is 222 g/mol. The number of hydrogen-bond donors (Lipinski definition) is 1. The SMILES string of the molecule is CCS(=O)(=O)N(CC(N)=O)CC(C)C. The molecule has 0 bridgehead atoms. The number of amides is 1. The minimum atomic E-state index is -3.32. The Bertz CT molecular complexity index is 285. The van der Waals surface area contributed by atoms with Crippen LogP contribution in [0.3, 0.4) is 0 Å². The zero-order valence-corrected chi connectivity index (χ0v) is 9.67. The Hall–Kier alpha value is -0.620. The Labute approximate surface area is 85.3 Å². The number of hydrogen-bond acceptors (Lipinski definition) is 3. The number of primary amides is 1. The van der Waals surface area contributed by atoms with Crippen LogP contribution in [0.5, 0.6) is 0 Å². The molecule has 0 aromatic heterocycles. The average molecular weight is 222 g/mol. The third-order valence-corrected chi connectivity index (χ3v) is 3.45. The molecule has 1 amide bonds. The van der Waals surface area contributed by atoms with Crippen molar-refractivity contribution >= 4 is 15.9 Å². The summed E-state index contributed by atoms with van der Waals surface area (Å²) < 4.78 is 24.1. The smallest absolute Gasteiger partial charge is 0.232 e. The lowest BCUT2D eigenvalue weighted by Crippen LogP contribution is -2.41. The summed E-state index contributed by atoms with van der Waals surface area (Å²) in [5.41, 5.74) is 4.98. The van der Waals surface area contributed by atoms with E-state index in [0.29, 0.717) is 6.54 Å². The molecule has 14 heavy (non-hydrogen) atoms. The Morgan fingerprint density at radius 1 is 1.43 bits per heavy atom. The fraction of sp³-hybridized carbons (Fsp3) is 0.875. The van der Waals surface area contributed by atoms with Gasteiger partial charge in [-0.3, -0.25) is 4.79 Å². The normalized spacial score (nSPS) is 12.4. The summed E-state index contributed by atoms with van der Waals surface area (Å²) in [7, 11) is -3.32. The summed E-state index contributed by atoms with van der Waals surface area (Å²) in [6.07, 6.45) is 0. The van der Waals surface area contributed by atoms with E-state index in [2.05, 4.69) is 0 Å². The first-order valence-corrected chi connectivity index (χ1v) is 6.16. The van der Waals surface area contributed by atoms with Gasteiger partial charge in [0.2, 0.25) is 15.9 Å². The Morgan fingerprint density at radius 2 is 1.93 bits per heavy atom. The fourth-order valence-electron chi connectivity index (χ4n) is 1.04. The second-order valence-corrected chi connectivity index (χ2v) is 5.81. The molecule has 0 unspecified atom stereocenters. The van der Waals surface area contributed by atoms with Crippen LogP contribution in [-0.2, 0) is 14.8 Å². The molecule has 0 spiro atoms. The molecule has 84 valence electrons. The van der Waals surface area contributed by atoms with Gasteiger partial charge in [-0.2, -0.15) is 4.31 Å². The van der Waals surface area contributed by atoms with Crippen molar-refractivity contribution in [2.45, 2.75) is 20.8 Å². The summed E-state index contributed by atoms with van der Waals surface area (Å²) in [5.74, 6) is -0.453. The number of carbonyl (C=O) groups excluding carboxylic acids is 1. The van der Waals surface area contributed by atoms with Crippen molar-refractivity contribution in [3.8, 4) is 0 Å². The summed E-state index contributed by atoms with van der Waals surface area (Å²) in [6.45, 7) is 5.43. The van der Waals surface area contributed by atoms with Crippen molar-refractivity contribution in [1.82, 2.24) is 4.31 Å². The molecule has 0 aromatic carbocycles. The predicted octanol–water partition coefficient (Wildman–Crippen LogP) is -0.221. The molecule has 2 N–H and O–H groups in total. The summed E-state index contributed by atoms with van der Waals surface area (Å²) in [5, 5.41) is 0. The minimum Gasteiger partial charge on any atom is -0.369 e. The second kappa shape index (κ2) is 5.31. The lowest BCUT2D eigenvalue weighted by molar-refractivity contribution is -0.118. The van der Waals surface area contributed by atoms with Crippen LogP contribution in [-0.4, -0.2) is 37.5 Å². The molecule has 0 fully saturated rings. The standard InChI is InChI=1S/C8H18N2O3S/c1-4-14(12,13)10(5-7(2)3)6-8(9)11/h7H,4-6H2,1-3H3,(H2,9,11). The molecule has 0 atom stereocenters. The van der Waals surface area contributed by atoms with Gasteiger partial charge in [0.1, 0.15) is 0 Å². The summed E-state index contributed by atoms with van der Waals surface area (Å²) in [4.78, 5) is 10.7. The first-order chi connectivity index (χ1) is 6.29. The Kier molecular flexibility index (Phi) is 5.07. The number of rotatable bonds is 6. The average Bonchev–Trinajstić information content (AvgIpc) is 2.01. The van der Waals surface area contributed by atoms with Crippen LogP contribution in [0.15, 0.2) is 0 Å². The zero-order chi connectivity index (χ0) is 11.4. The van der Waals surface area contributed by atoms with E-state index in [1.54, 1.807) is 6.92 Å². The highest BCUT2D eigenvalue weighted by Gasteiger charge is 2.22. The molecule has 0 heterocycles. The number of nitrogens with two attached hydrogens (primary N) is 1. The van der Waals surface area contributed by atoms with Gasteiger partial charge < -0.3 is 5.73 Å². The fourth-order valence-corrected chi connectivity index (χ4v) is 2.25. The maximum absolute atomic E-state index is 11.5. The van der Waals surface area contributed by atoms with E-state index >= 15 is 0 Å². The maximum Gasteiger partial charge on any atom is 0.232 e. The summed E-state index contributed by atoms with van der Waals surface area (Å²) >= 11 is 0. The number of sulfonamides is 1. The predicted molar refractivity (Wildman–Crippen MR) is 55.1 cm³/mol. The van der Waals surface area contributed by atoms with E-state index in [4.69, 9.17) is 5.73 Å². The van der Waals surface area contributed by atoms with Crippen LogP contribution >= 0.6 is 0 Å². The molecule has 0 saturated heterocycles. The molecule has 0 aliphatic heterocycles. The van der Waals surface area contributed by atoms with E-state index in [9.17, 15) is 13.2 Å². The van der Waals surface area contributed by atoms with Gasteiger partial charge in [0.25, 0.3) is 0 Å². The van der Waals surface area contributed by atoms with Crippen LogP contribution in [0.4, 0.5) is 0 Å². The molecule has 0 aromatic rings. The van der Waals surface area contributed by atoms with E-state index in [-0.39, 0.29) is 18.2 Å². The topological polar surface area (TPSA) is 80.5 Å². The highest BCUT2D eigenvalue weighted by Crippen LogP contribution is 2.05. The lowest BCUT2D eigenvalue weighted by atomic mass is 10.2. The molecule has 0 radical (unpaired) electrons. The maximum atomic E-state index is 11.5. The van der Waals surface area contributed by atoms with E-state index < -0.39 is 15.9 Å². The van der Waals surface area contributed by atoms with E-state index in [1.165, 1.54) is 0 Å². The molecule has 0 aliphatic carbocycles. The third kappa shape index (κ3) is 4.57. The van der Waals surface area contributed by atoms with Gasteiger partial charge in [-0.05, 0) is 12.8 Å². The van der Waals surface area contributed by atoms with Gasteiger partial charge in [-0.15, -0.1) is 0 Å². The molecular weight excluding hydrogens is 204 g/mol. The molecule has 6 heteroatoms. The Balaban J connectivity index is 4.64. The van der Waals surface area contributed by atoms with Crippen molar-refractivity contribution in [3.63, 3.8) is 0 Å². The highest BCUT2D eigenvalue weighted by molar-refractivity contribution is 7.89. The first-order valence-electron chi connectivity index (χ1n) is 4.55.